The second-order valence-electron chi connectivity index (χ2n) is 7.82. The van der Waals surface area contributed by atoms with Crippen molar-refractivity contribution in [2.24, 2.45) is 4.99 Å². The summed E-state index contributed by atoms with van der Waals surface area (Å²) in [7, 11) is -1.27. The Bertz CT molecular complexity index is 975. The van der Waals surface area contributed by atoms with E-state index in [4.69, 9.17) is 4.74 Å². The first-order valence-corrected chi connectivity index (χ1v) is 12.6. The smallest absolute Gasteiger partial charge is 0.191 e. The summed E-state index contributed by atoms with van der Waals surface area (Å²) < 4.78 is 28.3. The Morgan fingerprint density at radius 1 is 0.969 bits per heavy atom. The number of morpholine rings is 1. The Hall–Kier alpha value is -1.69. The van der Waals surface area contributed by atoms with Crippen LogP contribution in [0.15, 0.2) is 53.5 Å². The molecule has 0 bridgehead atoms. The Morgan fingerprint density at radius 2 is 1.56 bits per heavy atom. The summed E-state index contributed by atoms with van der Waals surface area (Å²) in [5, 5.41) is 6.71. The predicted molar refractivity (Wildman–Crippen MR) is 140 cm³/mol. The first-order chi connectivity index (χ1) is 14.9. The fourth-order valence-electron chi connectivity index (χ4n) is 3.53. The third kappa shape index (κ3) is 9.05. The van der Waals surface area contributed by atoms with Gasteiger partial charge in [0.05, 0.1) is 19.0 Å². The molecule has 0 saturated carbocycles. The highest BCUT2D eigenvalue weighted by Gasteiger charge is 2.13. The molecule has 2 aromatic carbocycles. The second kappa shape index (κ2) is 13.1. The number of aliphatic imine (C=N–C) groups is 1. The van der Waals surface area contributed by atoms with Gasteiger partial charge in [0.15, 0.2) is 15.8 Å². The van der Waals surface area contributed by atoms with Gasteiger partial charge >= 0.3 is 0 Å². The van der Waals surface area contributed by atoms with Crippen LogP contribution in [0, 0.1) is 0 Å². The third-order valence-electron chi connectivity index (χ3n) is 5.20. The topological polar surface area (TPSA) is 83.0 Å². The van der Waals surface area contributed by atoms with E-state index in [2.05, 4.69) is 44.8 Å². The fraction of sp³-hybridized carbons (Fsp3) is 0.435. The standard InChI is InChI=1S/C23H32N4O3S.HI/c1-24-23(25-15-19-7-9-20(10-8-19)18-31(2,28)29)26-16-21-5-3-4-6-22(21)17-27-11-13-30-14-12-27;/h3-10H,11-18H2,1-2H3,(H2,24,25,26);1H. The van der Waals surface area contributed by atoms with E-state index in [1.807, 2.05) is 24.3 Å². The zero-order chi connectivity index (χ0) is 22.1. The summed E-state index contributed by atoms with van der Waals surface area (Å²) >= 11 is 0. The van der Waals surface area contributed by atoms with Gasteiger partial charge in [-0.15, -0.1) is 24.0 Å². The third-order valence-corrected chi connectivity index (χ3v) is 6.06. The maximum absolute atomic E-state index is 11.4. The second-order valence-corrected chi connectivity index (χ2v) is 9.96. The molecular weight excluding hydrogens is 539 g/mol. The quantitative estimate of drug-likeness (QED) is 0.288. The number of nitrogens with zero attached hydrogens (tertiary/aromatic N) is 2. The van der Waals surface area contributed by atoms with E-state index in [-0.39, 0.29) is 29.7 Å². The highest BCUT2D eigenvalue weighted by atomic mass is 127. The maximum atomic E-state index is 11.4. The van der Waals surface area contributed by atoms with Crippen molar-refractivity contribution >= 4 is 39.8 Å². The summed E-state index contributed by atoms with van der Waals surface area (Å²) in [6, 6.07) is 16.1. The summed E-state index contributed by atoms with van der Waals surface area (Å²) in [6.07, 6.45) is 1.25. The van der Waals surface area contributed by atoms with Crippen LogP contribution in [0.1, 0.15) is 22.3 Å². The molecule has 0 unspecified atom stereocenters. The number of hydrogen-bond acceptors (Lipinski definition) is 5. The summed E-state index contributed by atoms with van der Waals surface area (Å²) in [6.45, 7) is 5.75. The van der Waals surface area contributed by atoms with Crippen LogP contribution in [-0.2, 0) is 40.0 Å². The van der Waals surface area contributed by atoms with Crippen molar-refractivity contribution < 1.29 is 13.2 Å². The Morgan fingerprint density at radius 3 is 2.19 bits per heavy atom. The van der Waals surface area contributed by atoms with Gasteiger partial charge in [0, 0.05) is 46.0 Å². The molecule has 0 aromatic heterocycles. The molecule has 176 valence electrons. The first kappa shape index (κ1) is 26.6. The molecule has 7 nitrogen and oxygen atoms in total. The average Bonchev–Trinajstić information content (AvgIpc) is 2.75. The highest BCUT2D eigenvalue weighted by Crippen LogP contribution is 2.13. The van der Waals surface area contributed by atoms with Gasteiger partial charge in [-0.1, -0.05) is 48.5 Å². The van der Waals surface area contributed by atoms with E-state index in [9.17, 15) is 8.42 Å². The lowest BCUT2D eigenvalue weighted by atomic mass is 10.1. The SMILES string of the molecule is CN=C(NCc1ccc(CS(C)(=O)=O)cc1)NCc1ccccc1CN1CCOCC1.I. The summed E-state index contributed by atoms with van der Waals surface area (Å²) in [5.41, 5.74) is 4.43. The van der Waals surface area contributed by atoms with E-state index in [0.29, 0.717) is 13.1 Å². The van der Waals surface area contributed by atoms with E-state index in [1.54, 1.807) is 7.05 Å². The van der Waals surface area contributed by atoms with Crippen LogP contribution in [0.3, 0.4) is 0 Å². The Balaban J connectivity index is 0.00000363. The number of ether oxygens (including phenoxy) is 1. The van der Waals surface area contributed by atoms with Gasteiger partial charge in [-0.25, -0.2) is 8.42 Å². The minimum atomic E-state index is -3.02. The molecule has 2 N–H and O–H groups in total. The van der Waals surface area contributed by atoms with Crippen molar-refractivity contribution in [2.45, 2.75) is 25.4 Å². The van der Waals surface area contributed by atoms with E-state index in [1.165, 1.54) is 17.4 Å². The van der Waals surface area contributed by atoms with Gasteiger partial charge in [0.2, 0.25) is 0 Å². The van der Waals surface area contributed by atoms with Crippen LogP contribution in [0.2, 0.25) is 0 Å². The molecule has 9 heteroatoms. The molecule has 32 heavy (non-hydrogen) atoms. The van der Waals surface area contributed by atoms with Crippen molar-refractivity contribution in [2.75, 3.05) is 39.6 Å². The summed E-state index contributed by atoms with van der Waals surface area (Å²) in [4.78, 5) is 6.74. The van der Waals surface area contributed by atoms with Crippen LogP contribution in [0.5, 0.6) is 0 Å². The maximum Gasteiger partial charge on any atom is 0.191 e. The molecular formula is C23H33IN4O3S. The lowest BCUT2D eigenvalue weighted by Gasteiger charge is -2.27. The number of halogens is 1. The van der Waals surface area contributed by atoms with Crippen molar-refractivity contribution in [1.29, 1.82) is 0 Å². The molecule has 0 radical (unpaired) electrons. The van der Waals surface area contributed by atoms with Gasteiger partial charge < -0.3 is 15.4 Å². The first-order valence-electron chi connectivity index (χ1n) is 10.5. The Labute approximate surface area is 208 Å². The van der Waals surface area contributed by atoms with Crippen molar-refractivity contribution in [3.8, 4) is 0 Å². The number of rotatable bonds is 8. The molecule has 1 saturated heterocycles. The fourth-order valence-corrected chi connectivity index (χ4v) is 4.32. The van der Waals surface area contributed by atoms with E-state index < -0.39 is 9.84 Å². The predicted octanol–water partition coefficient (Wildman–Crippen LogP) is 2.55. The van der Waals surface area contributed by atoms with Crippen molar-refractivity contribution in [3.63, 3.8) is 0 Å². The normalized spacial score (nSPS) is 15.1. The monoisotopic (exact) mass is 572 g/mol. The van der Waals surface area contributed by atoms with Gasteiger partial charge in [-0.2, -0.15) is 0 Å². The highest BCUT2D eigenvalue weighted by molar-refractivity contribution is 14.0. The minimum Gasteiger partial charge on any atom is -0.379 e. The number of guanidine groups is 1. The lowest BCUT2D eigenvalue weighted by molar-refractivity contribution is 0.0341. The molecule has 2 aromatic rings. The molecule has 1 heterocycles. The number of sulfone groups is 1. The average molecular weight is 573 g/mol. The largest absolute Gasteiger partial charge is 0.379 e. The molecule has 1 aliphatic rings. The molecule has 0 amide bonds. The molecule has 0 aliphatic carbocycles. The molecule has 0 atom stereocenters. The molecule has 1 aliphatic heterocycles. The van der Waals surface area contributed by atoms with Crippen LogP contribution in [-0.4, -0.2) is 58.9 Å². The molecule has 3 rings (SSSR count). The van der Waals surface area contributed by atoms with E-state index >= 15 is 0 Å². The van der Waals surface area contributed by atoms with Crippen molar-refractivity contribution in [3.05, 3.63) is 70.8 Å². The zero-order valence-electron chi connectivity index (χ0n) is 18.7. The van der Waals surface area contributed by atoms with Crippen LogP contribution in [0.25, 0.3) is 0 Å². The summed E-state index contributed by atoms with van der Waals surface area (Å²) in [5.74, 6) is 0.787. The van der Waals surface area contributed by atoms with E-state index in [0.717, 1.165) is 49.9 Å². The van der Waals surface area contributed by atoms with Crippen molar-refractivity contribution in [1.82, 2.24) is 15.5 Å². The van der Waals surface area contributed by atoms with Gasteiger partial charge in [-0.3, -0.25) is 9.89 Å². The number of hydrogen-bond donors (Lipinski definition) is 2. The van der Waals surface area contributed by atoms with Gasteiger partial charge in [-0.05, 0) is 22.3 Å². The van der Waals surface area contributed by atoms with Crippen LogP contribution < -0.4 is 10.6 Å². The Kier molecular flexibility index (Phi) is 10.9. The number of benzene rings is 2. The van der Waals surface area contributed by atoms with Gasteiger partial charge in [0.25, 0.3) is 0 Å². The molecule has 0 spiro atoms. The van der Waals surface area contributed by atoms with Crippen LogP contribution in [0.4, 0.5) is 0 Å². The lowest BCUT2D eigenvalue weighted by Crippen LogP contribution is -2.37. The number of nitrogens with one attached hydrogen (secondary N) is 2. The van der Waals surface area contributed by atoms with Crippen LogP contribution >= 0.6 is 24.0 Å². The minimum absolute atomic E-state index is 0. The zero-order valence-corrected chi connectivity index (χ0v) is 21.9. The van der Waals surface area contributed by atoms with Gasteiger partial charge in [0.1, 0.15) is 0 Å². The molecule has 1 fully saturated rings.